The lowest BCUT2D eigenvalue weighted by molar-refractivity contribution is 0.00578. The average molecular weight is 411 g/mol. The molecule has 6 heteroatoms. The molecule has 0 radical (unpaired) electrons. The zero-order valence-electron chi connectivity index (χ0n) is 19.1. The molecule has 4 nitrogen and oxygen atoms in total. The Hall–Kier alpha value is -2.18. The van der Waals surface area contributed by atoms with Gasteiger partial charge in [0.15, 0.2) is 0 Å². The van der Waals surface area contributed by atoms with E-state index in [2.05, 4.69) is 26.1 Å². The second-order valence-corrected chi connectivity index (χ2v) is 10.0. The van der Waals surface area contributed by atoms with Crippen molar-refractivity contribution in [1.82, 2.24) is 0 Å². The summed E-state index contributed by atoms with van der Waals surface area (Å²) in [6.07, 6.45) is 0. The van der Waals surface area contributed by atoms with E-state index in [1.54, 1.807) is 12.1 Å². The third kappa shape index (κ3) is 4.30. The molecule has 1 aliphatic heterocycles. The molecule has 1 fully saturated rings. The molecular weight excluding hydrogens is 380 g/mol. The first kappa shape index (κ1) is 22.5. The number of carbonyl (C=O) groups excluding carboxylic acids is 1. The van der Waals surface area contributed by atoms with E-state index in [4.69, 9.17) is 9.31 Å². The number of amides is 1. The van der Waals surface area contributed by atoms with Gasteiger partial charge in [-0.2, -0.15) is 0 Å². The normalized spacial score (nSPS) is 17.8. The topological polar surface area (TPSA) is 47.6 Å². The molecule has 1 amide bonds. The Labute approximate surface area is 179 Å². The van der Waals surface area contributed by atoms with Gasteiger partial charge in [-0.05, 0) is 80.9 Å². The molecule has 2 aromatic rings. The second-order valence-electron chi connectivity index (χ2n) is 10.0. The monoisotopic (exact) mass is 411 g/mol. The summed E-state index contributed by atoms with van der Waals surface area (Å²) < 4.78 is 26.6. The van der Waals surface area contributed by atoms with Crippen LogP contribution in [0.25, 0.3) is 0 Å². The molecule has 0 atom stereocenters. The molecule has 0 spiro atoms. The lowest BCUT2D eigenvalue weighted by Gasteiger charge is -2.32. The minimum absolute atomic E-state index is 0.00584. The first-order valence-corrected chi connectivity index (χ1v) is 10.3. The summed E-state index contributed by atoms with van der Waals surface area (Å²) in [6.45, 7) is 16.0. The fraction of sp³-hybridized carbons (Fsp3) is 0.458. The van der Waals surface area contributed by atoms with Crippen LogP contribution in [0.5, 0.6) is 0 Å². The number of hydrogen-bond donors (Lipinski definition) is 1. The Kier molecular flexibility index (Phi) is 5.63. The van der Waals surface area contributed by atoms with Gasteiger partial charge in [-0.1, -0.05) is 32.9 Å². The van der Waals surface area contributed by atoms with Crippen LogP contribution in [0.2, 0.25) is 0 Å². The summed E-state index contributed by atoms with van der Waals surface area (Å²) in [4.78, 5) is 12.8. The quantitative estimate of drug-likeness (QED) is 0.725. The summed E-state index contributed by atoms with van der Waals surface area (Å²) in [5.74, 6) is -0.743. The van der Waals surface area contributed by atoms with Crippen molar-refractivity contribution in [2.75, 3.05) is 5.32 Å². The largest absolute Gasteiger partial charge is 0.495 e. The van der Waals surface area contributed by atoms with E-state index in [9.17, 15) is 9.18 Å². The van der Waals surface area contributed by atoms with E-state index in [0.29, 0.717) is 16.7 Å². The van der Waals surface area contributed by atoms with Gasteiger partial charge in [0, 0.05) is 11.3 Å². The van der Waals surface area contributed by atoms with E-state index in [0.717, 1.165) is 11.1 Å². The highest BCUT2D eigenvalue weighted by Gasteiger charge is 2.52. The number of nitrogens with one attached hydrogen (secondary N) is 1. The van der Waals surface area contributed by atoms with Crippen LogP contribution in [0.1, 0.15) is 70.0 Å². The molecule has 1 N–H and O–H groups in total. The summed E-state index contributed by atoms with van der Waals surface area (Å²) in [5.41, 5.74) is 2.30. The van der Waals surface area contributed by atoms with Crippen molar-refractivity contribution in [3.8, 4) is 0 Å². The van der Waals surface area contributed by atoms with Crippen LogP contribution < -0.4 is 10.8 Å². The fourth-order valence-corrected chi connectivity index (χ4v) is 3.36. The van der Waals surface area contributed by atoms with Crippen molar-refractivity contribution in [3.63, 3.8) is 0 Å². The molecule has 0 bridgehead atoms. The SMILES string of the molecule is Cc1c(NC(=O)c2ccc(C(C)(C)C)cc2)cc(F)cc1B1OC(C)(C)C(C)(C)O1. The summed E-state index contributed by atoms with van der Waals surface area (Å²) in [7, 11) is -0.701. The number of halogens is 1. The Morgan fingerprint density at radius 2 is 1.53 bits per heavy atom. The lowest BCUT2D eigenvalue weighted by Crippen LogP contribution is -2.41. The highest BCUT2D eigenvalue weighted by Crippen LogP contribution is 2.37. The van der Waals surface area contributed by atoms with Crippen LogP contribution in [0, 0.1) is 12.7 Å². The first-order chi connectivity index (χ1) is 13.7. The Balaban J connectivity index is 1.86. The molecule has 0 aliphatic carbocycles. The average Bonchev–Trinajstić information content (AvgIpc) is 2.84. The van der Waals surface area contributed by atoms with Crippen molar-refractivity contribution in [3.05, 3.63) is 58.9 Å². The minimum atomic E-state index is -0.701. The molecule has 0 saturated carbocycles. The van der Waals surface area contributed by atoms with Gasteiger partial charge in [0.25, 0.3) is 5.91 Å². The number of hydrogen-bond acceptors (Lipinski definition) is 3. The molecule has 1 saturated heterocycles. The van der Waals surface area contributed by atoms with Crippen molar-refractivity contribution in [2.24, 2.45) is 0 Å². The summed E-state index contributed by atoms with van der Waals surface area (Å²) in [6, 6.07) is 10.2. The highest BCUT2D eigenvalue weighted by molar-refractivity contribution is 6.62. The van der Waals surface area contributed by atoms with Crippen LogP contribution in [-0.4, -0.2) is 24.2 Å². The molecular formula is C24H31BFNO3. The smallest absolute Gasteiger partial charge is 0.399 e. The van der Waals surface area contributed by atoms with Gasteiger partial charge in [-0.3, -0.25) is 4.79 Å². The molecule has 30 heavy (non-hydrogen) atoms. The van der Waals surface area contributed by atoms with Gasteiger partial charge in [0.2, 0.25) is 0 Å². The second kappa shape index (κ2) is 7.50. The maximum atomic E-state index is 14.4. The third-order valence-electron chi connectivity index (χ3n) is 6.18. The van der Waals surface area contributed by atoms with Gasteiger partial charge < -0.3 is 14.6 Å². The summed E-state index contributed by atoms with van der Waals surface area (Å²) >= 11 is 0. The van der Waals surface area contributed by atoms with Gasteiger partial charge in [-0.25, -0.2) is 4.39 Å². The predicted octanol–water partition coefficient (Wildman–Crippen LogP) is 4.98. The van der Waals surface area contributed by atoms with Crippen LogP contribution in [0.3, 0.4) is 0 Å². The van der Waals surface area contributed by atoms with Gasteiger partial charge in [0.05, 0.1) is 11.2 Å². The standard InChI is InChI=1S/C24H31BFNO3/c1-15-19(25-29-23(5,6)24(7,8)30-25)13-18(26)14-20(15)27-21(28)16-9-11-17(12-10-16)22(2,3)4/h9-14H,1-8H3,(H,27,28). The molecule has 3 rings (SSSR count). The number of anilines is 1. The highest BCUT2D eigenvalue weighted by atomic mass is 19.1. The van der Waals surface area contributed by atoms with Gasteiger partial charge in [-0.15, -0.1) is 0 Å². The number of rotatable bonds is 3. The molecule has 1 aliphatic rings. The fourth-order valence-electron chi connectivity index (χ4n) is 3.36. The minimum Gasteiger partial charge on any atom is -0.399 e. The number of carbonyl (C=O) groups is 1. The molecule has 0 unspecified atom stereocenters. The number of benzene rings is 2. The molecule has 2 aromatic carbocycles. The van der Waals surface area contributed by atoms with Crippen molar-refractivity contribution in [2.45, 2.75) is 72.0 Å². The van der Waals surface area contributed by atoms with Crippen molar-refractivity contribution in [1.29, 1.82) is 0 Å². The predicted molar refractivity (Wildman–Crippen MR) is 120 cm³/mol. The third-order valence-corrected chi connectivity index (χ3v) is 6.18. The van der Waals surface area contributed by atoms with E-state index < -0.39 is 24.1 Å². The van der Waals surface area contributed by atoms with E-state index in [-0.39, 0.29) is 11.3 Å². The van der Waals surface area contributed by atoms with Gasteiger partial charge in [0.1, 0.15) is 5.82 Å². The Morgan fingerprint density at radius 3 is 2.03 bits per heavy atom. The zero-order valence-corrected chi connectivity index (χ0v) is 19.1. The van der Waals surface area contributed by atoms with E-state index in [1.165, 1.54) is 12.1 Å². The van der Waals surface area contributed by atoms with Crippen LogP contribution in [0.4, 0.5) is 10.1 Å². The Bertz CT molecular complexity index is 946. The van der Waals surface area contributed by atoms with Crippen LogP contribution in [0.15, 0.2) is 36.4 Å². The van der Waals surface area contributed by atoms with Crippen LogP contribution in [-0.2, 0) is 14.7 Å². The molecule has 1 heterocycles. The van der Waals surface area contributed by atoms with Crippen molar-refractivity contribution >= 4 is 24.2 Å². The van der Waals surface area contributed by atoms with Crippen LogP contribution >= 0.6 is 0 Å². The molecule has 160 valence electrons. The molecule has 0 aromatic heterocycles. The van der Waals surface area contributed by atoms with E-state index >= 15 is 0 Å². The maximum absolute atomic E-state index is 14.4. The Morgan fingerprint density at radius 1 is 1.00 bits per heavy atom. The summed E-state index contributed by atoms with van der Waals surface area (Å²) in [5, 5.41) is 2.84. The maximum Gasteiger partial charge on any atom is 0.495 e. The lowest BCUT2D eigenvalue weighted by atomic mass is 9.75. The first-order valence-electron chi connectivity index (χ1n) is 10.3. The zero-order chi connectivity index (χ0) is 22.5. The van der Waals surface area contributed by atoms with Gasteiger partial charge >= 0.3 is 7.12 Å². The van der Waals surface area contributed by atoms with Crippen molar-refractivity contribution < 1.29 is 18.5 Å². The van der Waals surface area contributed by atoms with E-state index in [1.807, 2.05) is 46.8 Å².